The summed E-state index contributed by atoms with van der Waals surface area (Å²) in [7, 11) is 0. The lowest BCUT2D eigenvalue weighted by Gasteiger charge is -2.45. The van der Waals surface area contributed by atoms with Crippen LogP contribution in [0.2, 0.25) is 0 Å². The highest BCUT2D eigenvalue weighted by molar-refractivity contribution is 5.95. The number of hydrogen-bond donors (Lipinski definition) is 1. The normalized spacial score (nSPS) is 19.0. The molecule has 0 aliphatic carbocycles. The van der Waals surface area contributed by atoms with E-state index in [0.717, 1.165) is 16.7 Å². The van der Waals surface area contributed by atoms with Gasteiger partial charge in [-0.05, 0) is 36.2 Å². The highest BCUT2D eigenvalue weighted by atomic mass is 16.7. The molecule has 4 heterocycles. The van der Waals surface area contributed by atoms with Crippen LogP contribution in [0.4, 0.5) is 5.82 Å². The Morgan fingerprint density at radius 2 is 1.84 bits per heavy atom. The van der Waals surface area contributed by atoms with E-state index in [9.17, 15) is 9.59 Å². The van der Waals surface area contributed by atoms with Gasteiger partial charge in [-0.15, -0.1) is 0 Å². The molecule has 10 heteroatoms. The predicted octanol–water partition coefficient (Wildman–Crippen LogP) is 3.74. The Morgan fingerprint density at radius 1 is 1.05 bits per heavy atom. The number of ether oxygens (including phenoxy) is 2. The molecule has 3 aromatic rings. The Balaban J connectivity index is 0.00000144. The zero-order chi connectivity index (χ0) is 26.8. The van der Waals surface area contributed by atoms with Crippen LogP contribution in [0.25, 0.3) is 10.9 Å². The van der Waals surface area contributed by atoms with Crippen LogP contribution < -0.4 is 14.8 Å². The van der Waals surface area contributed by atoms with E-state index in [-0.39, 0.29) is 37.1 Å². The highest BCUT2D eigenvalue weighted by Crippen LogP contribution is 2.33. The van der Waals surface area contributed by atoms with Gasteiger partial charge in [-0.25, -0.2) is 15.0 Å². The van der Waals surface area contributed by atoms with E-state index in [1.807, 2.05) is 57.0 Å². The smallest absolute Gasteiger partial charge is 0.255 e. The van der Waals surface area contributed by atoms with Crippen molar-refractivity contribution in [2.45, 2.75) is 34.2 Å². The van der Waals surface area contributed by atoms with Crippen molar-refractivity contribution in [1.29, 1.82) is 0 Å². The first-order valence-corrected chi connectivity index (χ1v) is 13.2. The van der Waals surface area contributed by atoms with Gasteiger partial charge in [0.2, 0.25) is 12.7 Å². The van der Waals surface area contributed by atoms with Crippen molar-refractivity contribution in [3.05, 3.63) is 53.9 Å². The number of hydrogen-bond acceptors (Lipinski definition) is 8. The van der Waals surface area contributed by atoms with E-state index in [1.54, 1.807) is 28.1 Å². The number of carbonyl (C=O) groups excluding carboxylic acids is 2. The molecule has 200 valence electrons. The van der Waals surface area contributed by atoms with Gasteiger partial charge in [0.05, 0.1) is 18.0 Å². The molecule has 2 bridgehead atoms. The first-order chi connectivity index (χ1) is 18.5. The Hall–Kier alpha value is -3.92. The van der Waals surface area contributed by atoms with Crippen LogP contribution in [0.15, 0.2) is 42.5 Å². The average Bonchev–Trinajstić information content (AvgIpc) is 3.41. The predicted molar refractivity (Wildman–Crippen MR) is 143 cm³/mol. The number of rotatable bonds is 2. The number of fused-ring (bicyclic) bond motifs is 6. The molecule has 1 unspecified atom stereocenters. The number of hydrazine groups is 1. The molecule has 2 amide bonds. The number of carbonyl (C=O) groups is 2. The minimum Gasteiger partial charge on any atom is -0.454 e. The summed E-state index contributed by atoms with van der Waals surface area (Å²) in [5.41, 5.74) is 1.37. The van der Waals surface area contributed by atoms with Crippen molar-refractivity contribution in [3.63, 3.8) is 0 Å². The highest BCUT2D eigenvalue weighted by Gasteiger charge is 2.37. The van der Waals surface area contributed by atoms with Gasteiger partial charge in [0.15, 0.2) is 11.5 Å². The second-order valence-corrected chi connectivity index (χ2v) is 9.64. The summed E-state index contributed by atoms with van der Waals surface area (Å²) in [6.07, 6.45) is 0. The monoisotopic (exact) mass is 518 g/mol. The number of nitrogens with one attached hydrogen (secondary N) is 1. The van der Waals surface area contributed by atoms with Gasteiger partial charge in [-0.2, -0.15) is 0 Å². The number of amides is 2. The zero-order valence-electron chi connectivity index (χ0n) is 22.3. The van der Waals surface area contributed by atoms with Crippen LogP contribution in [-0.4, -0.2) is 69.8 Å². The zero-order valence-corrected chi connectivity index (χ0v) is 22.3. The number of anilines is 1. The van der Waals surface area contributed by atoms with E-state index in [1.165, 1.54) is 0 Å². The van der Waals surface area contributed by atoms with E-state index in [2.05, 4.69) is 5.32 Å². The fourth-order valence-corrected chi connectivity index (χ4v) is 4.93. The summed E-state index contributed by atoms with van der Waals surface area (Å²) >= 11 is 0. The maximum absolute atomic E-state index is 13.9. The summed E-state index contributed by atoms with van der Waals surface area (Å²) in [4.78, 5) is 38.5. The molecule has 1 aromatic heterocycles. The molecular formula is C28H34N6O4. The Labute approximate surface area is 222 Å². The first kappa shape index (κ1) is 25.7. The van der Waals surface area contributed by atoms with Gasteiger partial charge in [0.1, 0.15) is 18.3 Å². The summed E-state index contributed by atoms with van der Waals surface area (Å²) in [6, 6.07) is 13.1. The van der Waals surface area contributed by atoms with Crippen molar-refractivity contribution in [3.8, 4) is 11.5 Å². The SMILES string of the molecule is CC.CC(C)C1CNc2nc(nc3ccccc23)CN2CCN(C(=O)c3ccc4c(c3)OCO4)CN2C1=O. The molecule has 1 saturated heterocycles. The van der Waals surface area contributed by atoms with Gasteiger partial charge < -0.3 is 19.7 Å². The number of nitrogens with zero attached hydrogens (tertiary/aromatic N) is 5. The van der Waals surface area contributed by atoms with Crippen molar-refractivity contribution in [1.82, 2.24) is 24.9 Å². The topological polar surface area (TPSA) is 100 Å². The quantitative estimate of drug-likeness (QED) is 0.548. The second kappa shape index (κ2) is 10.8. The molecule has 38 heavy (non-hydrogen) atoms. The summed E-state index contributed by atoms with van der Waals surface area (Å²) in [6.45, 7) is 10.2. The Morgan fingerprint density at radius 3 is 2.66 bits per heavy atom. The van der Waals surface area contributed by atoms with Gasteiger partial charge in [0, 0.05) is 30.6 Å². The lowest BCUT2D eigenvalue weighted by molar-refractivity contribution is -0.168. The Kier molecular flexibility index (Phi) is 7.33. The number of benzene rings is 2. The molecule has 0 radical (unpaired) electrons. The van der Waals surface area contributed by atoms with Gasteiger partial charge in [-0.1, -0.05) is 39.8 Å². The molecule has 1 fully saturated rings. The fraction of sp³-hybridized carbons (Fsp3) is 0.429. The molecule has 3 aliphatic rings. The van der Waals surface area contributed by atoms with E-state index in [0.29, 0.717) is 49.1 Å². The summed E-state index contributed by atoms with van der Waals surface area (Å²) in [5.74, 6) is 2.21. The maximum atomic E-state index is 13.9. The van der Waals surface area contributed by atoms with E-state index >= 15 is 0 Å². The standard InChI is InChI=1S/C26H28N6O4.C2H6/c1-16(2)19-12-27-24-18-5-3-4-6-20(18)28-23(29-24)13-31-10-9-30(14-32(31)26(19)34)25(33)17-7-8-21-22(11-17)36-15-35-21;1-2/h3-8,11,16,19H,9-10,12-15H2,1-2H3,(H,27,28,29);1-2H3. The van der Waals surface area contributed by atoms with Crippen molar-refractivity contribution >= 4 is 28.5 Å². The van der Waals surface area contributed by atoms with Gasteiger partial charge in [-0.3, -0.25) is 14.6 Å². The molecular weight excluding hydrogens is 484 g/mol. The van der Waals surface area contributed by atoms with Crippen molar-refractivity contribution < 1.29 is 19.1 Å². The van der Waals surface area contributed by atoms with Gasteiger partial charge >= 0.3 is 0 Å². The number of para-hydroxylation sites is 1. The number of aromatic nitrogens is 2. The third-order valence-corrected chi connectivity index (χ3v) is 7.02. The van der Waals surface area contributed by atoms with Crippen LogP contribution in [-0.2, 0) is 11.3 Å². The third kappa shape index (κ3) is 4.83. The molecule has 1 atom stereocenters. The summed E-state index contributed by atoms with van der Waals surface area (Å²) < 4.78 is 10.8. The lowest BCUT2D eigenvalue weighted by atomic mass is 9.94. The van der Waals surface area contributed by atoms with E-state index < -0.39 is 0 Å². The molecule has 0 saturated carbocycles. The van der Waals surface area contributed by atoms with Crippen LogP contribution in [0.1, 0.15) is 43.9 Å². The van der Waals surface area contributed by atoms with Crippen LogP contribution >= 0.6 is 0 Å². The van der Waals surface area contributed by atoms with Crippen LogP contribution in [0.5, 0.6) is 11.5 Å². The van der Waals surface area contributed by atoms with E-state index in [4.69, 9.17) is 19.4 Å². The second-order valence-electron chi connectivity index (χ2n) is 9.64. The molecule has 0 spiro atoms. The molecule has 10 nitrogen and oxygen atoms in total. The molecule has 3 aliphatic heterocycles. The maximum Gasteiger partial charge on any atom is 0.255 e. The first-order valence-electron chi connectivity index (χ1n) is 13.2. The molecule has 2 aromatic carbocycles. The van der Waals surface area contributed by atoms with Crippen molar-refractivity contribution in [2.24, 2.45) is 11.8 Å². The minimum atomic E-state index is -0.289. The van der Waals surface area contributed by atoms with Gasteiger partial charge in [0.25, 0.3) is 5.91 Å². The largest absolute Gasteiger partial charge is 0.454 e. The fourth-order valence-electron chi connectivity index (χ4n) is 4.93. The average molecular weight is 519 g/mol. The van der Waals surface area contributed by atoms with Crippen molar-refractivity contribution in [2.75, 3.05) is 38.4 Å². The summed E-state index contributed by atoms with van der Waals surface area (Å²) in [5, 5.41) is 8.02. The molecule has 1 N–H and O–H groups in total. The molecule has 6 rings (SSSR count). The third-order valence-electron chi connectivity index (χ3n) is 7.02. The van der Waals surface area contributed by atoms with Crippen LogP contribution in [0.3, 0.4) is 0 Å². The lowest BCUT2D eigenvalue weighted by Crippen LogP contribution is -2.61. The van der Waals surface area contributed by atoms with Crippen LogP contribution in [0, 0.1) is 11.8 Å². The minimum absolute atomic E-state index is 0.0184. The Bertz CT molecular complexity index is 1350.